The smallest absolute Gasteiger partial charge is 0.249 e. The third kappa shape index (κ3) is 4.28. The van der Waals surface area contributed by atoms with Crippen molar-refractivity contribution >= 4 is 28.0 Å². The molecule has 6 rings (SSSR count). The number of hydrogen-bond donors (Lipinski definition) is 1. The third-order valence-corrected chi connectivity index (χ3v) is 7.55. The fourth-order valence-corrected chi connectivity index (χ4v) is 5.51. The highest BCUT2D eigenvalue weighted by Crippen LogP contribution is 2.32. The molecule has 0 bridgehead atoms. The Labute approximate surface area is 227 Å². The standard InChI is InChI=1S/C33H31N5O/c1-4-9-30-36-31-21(2)24(33-35-27-12-7-8-13-28(27)37(33)3)18-19-29(31)38(30)20-22-14-16-23(17-15-22)25-10-5-6-11-26(25)32(34)39/h5-8,10-19H,4,9,20H2,1-3H3,(H2,34,39). The molecule has 39 heavy (non-hydrogen) atoms. The van der Waals surface area contributed by atoms with Crippen molar-refractivity contribution in [3.05, 3.63) is 107 Å². The minimum atomic E-state index is -0.419. The van der Waals surface area contributed by atoms with Crippen LogP contribution >= 0.6 is 0 Å². The maximum absolute atomic E-state index is 11.9. The molecule has 194 valence electrons. The first kappa shape index (κ1) is 24.6. The number of rotatable bonds is 7. The van der Waals surface area contributed by atoms with Crippen LogP contribution in [0.15, 0.2) is 84.9 Å². The van der Waals surface area contributed by atoms with E-state index in [1.807, 2.05) is 30.3 Å². The summed E-state index contributed by atoms with van der Waals surface area (Å²) >= 11 is 0. The van der Waals surface area contributed by atoms with Crippen LogP contribution in [0.5, 0.6) is 0 Å². The zero-order valence-corrected chi connectivity index (χ0v) is 22.5. The Kier molecular flexibility index (Phi) is 6.23. The number of carbonyl (C=O) groups is 1. The fraction of sp³-hybridized carbons (Fsp3) is 0.182. The average Bonchev–Trinajstić information content (AvgIpc) is 3.47. The second-order valence-electron chi connectivity index (χ2n) is 10.1. The van der Waals surface area contributed by atoms with Crippen molar-refractivity contribution in [1.82, 2.24) is 19.1 Å². The van der Waals surface area contributed by atoms with E-state index in [1.165, 1.54) is 5.56 Å². The number of fused-ring (bicyclic) bond motifs is 2. The predicted octanol–water partition coefficient (Wildman–Crippen LogP) is 6.67. The summed E-state index contributed by atoms with van der Waals surface area (Å²) in [6.07, 6.45) is 1.92. The SMILES string of the molecule is CCCc1nc2c(C)c(-c3nc4ccccc4n3C)ccc2n1Cc1ccc(-c2ccccc2C(N)=O)cc1. The summed E-state index contributed by atoms with van der Waals surface area (Å²) in [7, 11) is 2.07. The number of nitrogens with zero attached hydrogens (tertiary/aromatic N) is 4. The molecule has 0 aliphatic heterocycles. The van der Waals surface area contributed by atoms with E-state index < -0.39 is 5.91 Å². The molecule has 0 unspecified atom stereocenters. The summed E-state index contributed by atoms with van der Waals surface area (Å²) in [5.41, 5.74) is 15.6. The van der Waals surface area contributed by atoms with Gasteiger partial charge in [0.05, 0.1) is 22.1 Å². The van der Waals surface area contributed by atoms with Crippen molar-refractivity contribution in [2.24, 2.45) is 12.8 Å². The van der Waals surface area contributed by atoms with Crippen molar-refractivity contribution in [1.29, 1.82) is 0 Å². The van der Waals surface area contributed by atoms with Crippen molar-refractivity contribution in [2.45, 2.75) is 33.2 Å². The minimum Gasteiger partial charge on any atom is -0.366 e. The highest BCUT2D eigenvalue weighted by Gasteiger charge is 2.18. The molecule has 1 amide bonds. The van der Waals surface area contributed by atoms with Gasteiger partial charge in [-0.2, -0.15) is 0 Å². The zero-order chi connectivity index (χ0) is 27.1. The summed E-state index contributed by atoms with van der Waals surface area (Å²) in [4.78, 5) is 22.0. The number of hydrogen-bond acceptors (Lipinski definition) is 3. The molecule has 0 saturated carbocycles. The Morgan fingerprint density at radius 1 is 0.846 bits per heavy atom. The molecule has 0 aliphatic carbocycles. The first-order valence-electron chi connectivity index (χ1n) is 13.3. The van der Waals surface area contributed by atoms with Gasteiger partial charge in [-0.05, 0) is 65.9 Å². The van der Waals surface area contributed by atoms with Crippen LogP contribution in [-0.4, -0.2) is 25.0 Å². The van der Waals surface area contributed by atoms with Gasteiger partial charge < -0.3 is 14.9 Å². The van der Waals surface area contributed by atoms with Gasteiger partial charge in [0.15, 0.2) is 0 Å². The van der Waals surface area contributed by atoms with Gasteiger partial charge in [0.1, 0.15) is 11.6 Å². The van der Waals surface area contributed by atoms with Gasteiger partial charge in [-0.25, -0.2) is 9.97 Å². The average molecular weight is 514 g/mol. The summed E-state index contributed by atoms with van der Waals surface area (Å²) in [5.74, 6) is 1.62. The topological polar surface area (TPSA) is 78.7 Å². The quantitative estimate of drug-likeness (QED) is 0.259. The number of benzene rings is 4. The minimum absolute atomic E-state index is 0.419. The molecule has 0 saturated heterocycles. The Hall–Kier alpha value is -4.71. The molecule has 0 spiro atoms. The van der Waals surface area contributed by atoms with E-state index in [1.54, 1.807) is 6.07 Å². The van der Waals surface area contributed by atoms with Crippen LogP contribution in [-0.2, 0) is 20.0 Å². The van der Waals surface area contributed by atoms with E-state index >= 15 is 0 Å². The second-order valence-corrected chi connectivity index (χ2v) is 10.1. The Bertz CT molecular complexity index is 1840. The van der Waals surface area contributed by atoms with Gasteiger partial charge in [-0.15, -0.1) is 0 Å². The number of primary amides is 1. The predicted molar refractivity (Wildman–Crippen MR) is 158 cm³/mol. The maximum Gasteiger partial charge on any atom is 0.249 e. The van der Waals surface area contributed by atoms with Crippen molar-refractivity contribution in [3.63, 3.8) is 0 Å². The Balaban J connectivity index is 1.39. The van der Waals surface area contributed by atoms with Crippen molar-refractivity contribution in [2.75, 3.05) is 0 Å². The van der Waals surface area contributed by atoms with E-state index in [0.717, 1.165) is 68.8 Å². The van der Waals surface area contributed by atoms with Crippen molar-refractivity contribution in [3.8, 4) is 22.5 Å². The molecule has 2 N–H and O–H groups in total. The molecule has 6 heteroatoms. The normalized spacial score (nSPS) is 11.5. The molecule has 0 aliphatic rings. The Morgan fingerprint density at radius 2 is 1.59 bits per heavy atom. The summed E-state index contributed by atoms with van der Waals surface area (Å²) in [6.45, 7) is 5.05. The number of aryl methyl sites for hydroxylation is 3. The number of nitrogens with two attached hydrogens (primary N) is 1. The first-order chi connectivity index (χ1) is 19.0. The Morgan fingerprint density at radius 3 is 2.33 bits per heavy atom. The summed E-state index contributed by atoms with van der Waals surface area (Å²) in [6, 6.07) is 28.4. The lowest BCUT2D eigenvalue weighted by atomic mass is 9.98. The van der Waals surface area contributed by atoms with E-state index in [2.05, 4.69) is 78.6 Å². The van der Waals surface area contributed by atoms with Crippen LogP contribution in [0.2, 0.25) is 0 Å². The highest BCUT2D eigenvalue weighted by molar-refractivity contribution is 5.99. The fourth-order valence-electron chi connectivity index (χ4n) is 5.51. The molecule has 4 aromatic carbocycles. The second kappa shape index (κ2) is 9.87. The number of imidazole rings is 2. The molecular weight excluding hydrogens is 482 g/mol. The molecule has 0 radical (unpaired) electrons. The highest BCUT2D eigenvalue weighted by atomic mass is 16.1. The molecule has 2 heterocycles. The van der Waals surface area contributed by atoms with Crippen LogP contribution < -0.4 is 5.73 Å². The monoisotopic (exact) mass is 513 g/mol. The van der Waals surface area contributed by atoms with Gasteiger partial charge in [0, 0.05) is 31.1 Å². The number of carbonyl (C=O) groups excluding carboxylic acids is 1. The maximum atomic E-state index is 11.9. The molecule has 0 fully saturated rings. The lowest BCUT2D eigenvalue weighted by Gasteiger charge is -2.12. The van der Waals surface area contributed by atoms with Crippen LogP contribution in [0.3, 0.4) is 0 Å². The molecule has 2 aromatic heterocycles. The number of para-hydroxylation sites is 2. The van der Waals surface area contributed by atoms with E-state index in [9.17, 15) is 4.79 Å². The van der Waals surface area contributed by atoms with Gasteiger partial charge in [0.25, 0.3) is 0 Å². The van der Waals surface area contributed by atoms with Crippen LogP contribution in [0.1, 0.15) is 40.7 Å². The summed E-state index contributed by atoms with van der Waals surface area (Å²) in [5, 5.41) is 0. The van der Waals surface area contributed by atoms with Crippen LogP contribution in [0.4, 0.5) is 0 Å². The zero-order valence-electron chi connectivity index (χ0n) is 22.5. The van der Waals surface area contributed by atoms with E-state index in [-0.39, 0.29) is 0 Å². The summed E-state index contributed by atoms with van der Waals surface area (Å²) < 4.78 is 4.49. The van der Waals surface area contributed by atoms with Gasteiger partial charge in [0.2, 0.25) is 5.91 Å². The first-order valence-corrected chi connectivity index (χ1v) is 13.3. The molecule has 6 nitrogen and oxygen atoms in total. The third-order valence-electron chi connectivity index (χ3n) is 7.55. The van der Waals surface area contributed by atoms with E-state index in [0.29, 0.717) is 12.1 Å². The van der Waals surface area contributed by atoms with Gasteiger partial charge in [-0.3, -0.25) is 4.79 Å². The van der Waals surface area contributed by atoms with Gasteiger partial charge >= 0.3 is 0 Å². The number of aromatic nitrogens is 4. The van der Waals surface area contributed by atoms with Gasteiger partial charge in [-0.1, -0.05) is 61.5 Å². The molecule has 6 aromatic rings. The largest absolute Gasteiger partial charge is 0.366 e. The molecular formula is C33H31N5O. The molecule has 0 atom stereocenters. The van der Waals surface area contributed by atoms with Crippen LogP contribution in [0, 0.1) is 6.92 Å². The lowest BCUT2D eigenvalue weighted by Crippen LogP contribution is -2.12. The lowest BCUT2D eigenvalue weighted by molar-refractivity contribution is 0.100. The number of amides is 1. The van der Waals surface area contributed by atoms with E-state index in [4.69, 9.17) is 15.7 Å². The van der Waals surface area contributed by atoms with Crippen LogP contribution in [0.25, 0.3) is 44.6 Å². The van der Waals surface area contributed by atoms with Crippen molar-refractivity contribution < 1.29 is 4.79 Å².